The highest BCUT2D eigenvalue weighted by Crippen LogP contribution is 2.29. The monoisotopic (exact) mass is 348 g/mol. The number of ether oxygens (including phenoxy) is 1. The van der Waals surface area contributed by atoms with Gasteiger partial charge in [-0.25, -0.2) is 0 Å². The number of rotatable bonds is 8. The Hall–Kier alpha value is -2.52. The number of benzene rings is 2. The van der Waals surface area contributed by atoms with Crippen LogP contribution >= 0.6 is 0 Å². The Morgan fingerprint density at radius 1 is 1.00 bits per heavy atom. The number of alkyl halides is 3. The number of nitrogens with zero attached hydrogens (tertiary/aromatic N) is 1. The minimum atomic E-state index is -4.31. The van der Waals surface area contributed by atoms with Gasteiger partial charge < -0.3 is 10.1 Å². The molecule has 0 bridgehead atoms. The summed E-state index contributed by atoms with van der Waals surface area (Å²) in [5.41, 5.74) is 1.17. The fourth-order valence-electron chi connectivity index (χ4n) is 2.25. The van der Waals surface area contributed by atoms with Crippen LogP contribution in [0.4, 0.5) is 13.2 Å². The summed E-state index contributed by atoms with van der Waals surface area (Å²) in [7, 11) is 0. The molecule has 0 aliphatic rings. The Morgan fingerprint density at radius 3 is 2.40 bits per heavy atom. The summed E-state index contributed by atoms with van der Waals surface area (Å²) >= 11 is 0. The van der Waals surface area contributed by atoms with E-state index in [1.54, 1.807) is 0 Å². The molecule has 3 nitrogen and oxygen atoms in total. The molecule has 0 radical (unpaired) electrons. The lowest BCUT2D eigenvalue weighted by atomic mass is 10.1. The Kier molecular flexibility index (Phi) is 6.84. The van der Waals surface area contributed by atoms with Gasteiger partial charge in [0.2, 0.25) is 0 Å². The minimum absolute atomic E-state index is 0.467. The lowest BCUT2D eigenvalue weighted by Gasteiger charge is -2.10. The molecule has 0 aromatic heterocycles. The Labute approximate surface area is 145 Å². The molecule has 2 aromatic carbocycles. The van der Waals surface area contributed by atoms with Gasteiger partial charge in [0.25, 0.3) is 0 Å². The summed E-state index contributed by atoms with van der Waals surface area (Å²) in [6.45, 7) is 1.55. The van der Waals surface area contributed by atoms with Gasteiger partial charge >= 0.3 is 6.18 Å². The van der Waals surface area contributed by atoms with E-state index in [0.717, 1.165) is 29.0 Å². The van der Waals surface area contributed by atoms with Crippen molar-refractivity contribution in [3.63, 3.8) is 0 Å². The van der Waals surface area contributed by atoms with Gasteiger partial charge in [0, 0.05) is 19.5 Å². The molecule has 0 atom stereocenters. The fourth-order valence-corrected chi connectivity index (χ4v) is 2.25. The van der Waals surface area contributed by atoms with Gasteiger partial charge in [-0.2, -0.15) is 18.4 Å². The third-order valence-corrected chi connectivity index (χ3v) is 3.54. The van der Waals surface area contributed by atoms with Gasteiger partial charge in [-0.05, 0) is 41.8 Å². The van der Waals surface area contributed by atoms with Crippen LogP contribution in [-0.2, 0) is 19.3 Å². The first-order valence-electron chi connectivity index (χ1n) is 7.94. The summed E-state index contributed by atoms with van der Waals surface area (Å²) in [6, 6.07) is 14.8. The predicted molar refractivity (Wildman–Crippen MR) is 88.8 cm³/mol. The predicted octanol–water partition coefficient (Wildman–Crippen LogP) is 4.68. The molecule has 2 aromatic rings. The van der Waals surface area contributed by atoms with Crippen molar-refractivity contribution < 1.29 is 17.9 Å². The molecule has 0 heterocycles. The van der Waals surface area contributed by atoms with Crippen molar-refractivity contribution in [1.82, 2.24) is 5.32 Å². The van der Waals surface area contributed by atoms with E-state index in [1.165, 1.54) is 12.1 Å². The normalized spacial score (nSPS) is 11.1. The SMILES string of the molecule is N#CCCCOc1cccc(CNCc2ccc(C(F)(F)F)cc2)c1. The van der Waals surface area contributed by atoms with Crippen molar-refractivity contribution in [1.29, 1.82) is 5.26 Å². The van der Waals surface area contributed by atoms with Gasteiger partial charge in [-0.1, -0.05) is 24.3 Å². The third kappa shape index (κ3) is 6.48. The second-order valence-corrected chi connectivity index (χ2v) is 5.56. The van der Waals surface area contributed by atoms with Crippen LogP contribution < -0.4 is 10.1 Å². The Bertz CT molecular complexity index is 706. The molecule has 0 saturated heterocycles. The van der Waals surface area contributed by atoms with Crippen molar-refractivity contribution in [2.75, 3.05) is 6.61 Å². The second-order valence-electron chi connectivity index (χ2n) is 5.56. The van der Waals surface area contributed by atoms with E-state index in [0.29, 0.717) is 32.5 Å². The largest absolute Gasteiger partial charge is 0.494 e. The lowest BCUT2D eigenvalue weighted by Crippen LogP contribution is -2.13. The van der Waals surface area contributed by atoms with Crippen molar-refractivity contribution in [3.8, 4) is 11.8 Å². The minimum Gasteiger partial charge on any atom is -0.494 e. The van der Waals surface area contributed by atoms with E-state index < -0.39 is 11.7 Å². The van der Waals surface area contributed by atoms with E-state index in [4.69, 9.17) is 10.00 Å². The molecule has 1 N–H and O–H groups in total. The van der Waals surface area contributed by atoms with Gasteiger partial charge in [0.1, 0.15) is 5.75 Å². The smallest absolute Gasteiger partial charge is 0.416 e. The standard InChI is InChI=1S/C19H19F3N2O/c20-19(21,22)17-8-6-15(7-9-17)13-24-14-16-4-3-5-18(12-16)25-11-2-1-10-23/h3-9,12,24H,1-2,11,13-14H2. The molecule has 0 aliphatic carbocycles. The van der Waals surface area contributed by atoms with Crippen LogP contribution in [-0.4, -0.2) is 6.61 Å². The van der Waals surface area contributed by atoms with Crippen LogP contribution in [0.25, 0.3) is 0 Å². The first-order valence-corrected chi connectivity index (χ1v) is 7.94. The summed E-state index contributed by atoms with van der Waals surface area (Å²) in [6.07, 6.45) is -3.15. The summed E-state index contributed by atoms with van der Waals surface area (Å²) in [4.78, 5) is 0. The first kappa shape index (κ1) is 18.8. The third-order valence-electron chi connectivity index (χ3n) is 3.54. The number of halogens is 3. The van der Waals surface area contributed by atoms with Gasteiger partial charge in [0.15, 0.2) is 0 Å². The maximum Gasteiger partial charge on any atom is 0.416 e. The van der Waals surface area contributed by atoms with Crippen molar-refractivity contribution in [2.45, 2.75) is 32.1 Å². The number of hydrogen-bond acceptors (Lipinski definition) is 3. The molecular weight excluding hydrogens is 329 g/mol. The molecule has 0 amide bonds. The van der Waals surface area contributed by atoms with Crippen molar-refractivity contribution in [3.05, 3.63) is 65.2 Å². The molecular formula is C19H19F3N2O. The van der Waals surface area contributed by atoms with Crippen molar-refractivity contribution >= 4 is 0 Å². The lowest BCUT2D eigenvalue weighted by molar-refractivity contribution is -0.137. The average Bonchev–Trinajstić information content (AvgIpc) is 2.59. The zero-order valence-corrected chi connectivity index (χ0v) is 13.6. The van der Waals surface area contributed by atoms with E-state index in [-0.39, 0.29) is 0 Å². The van der Waals surface area contributed by atoms with E-state index in [2.05, 4.69) is 11.4 Å². The zero-order chi connectivity index (χ0) is 18.1. The molecule has 0 unspecified atom stereocenters. The number of unbranched alkanes of at least 4 members (excludes halogenated alkanes) is 1. The summed E-state index contributed by atoms with van der Waals surface area (Å²) < 4.78 is 43.1. The van der Waals surface area contributed by atoms with Gasteiger partial charge in [-0.15, -0.1) is 0 Å². The Balaban J connectivity index is 1.80. The number of hydrogen-bond donors (Lipinski definition) is 1. The quantitative estimate of drug-likeness (QED) is 0.705. The van der Waals surface area contributed by atoms with Crippen LogP contribution in [0.3, 0.4) is 0 Å². The molecule has 132 valence electrons. The van der Waals surface area contributed by atoms with Crippen LogP contribution in [0.15, 0.2) is 48.5 Å². The molecule has 0 aliphatic heterocycles. The maximum atomic E-state index is 12.5. The summed E-state index contributed by atoms with van der Waals surface area (Å²) in [5, 5.41) is 11.7. The van der Waals surface area contributed by atoms with E-state index >= 15 is 0 Å². The van der Waals surface area contributed by atoms with Gasteiger partial charge in [0.05, 0.1) is 18.2 Å². The average molecular weight is 348 g/mol. The highest BCUT2D eigenvalue weighted by atomic mass is 19.4. The molecule has 0 saturated carbocycles. The number of nitrogens with one attached hydrogen (secondary N) is 1. The van der Waals surface area contributed by atoms with Gasteiger partial charge in [-0.3, -0.25) is 0 Å². The highest BCUT2D eigenvalue weighted by molar-refractivity contribution is 5.29. The van der Waals surface area contributed by atoms with Crippen LogP contribution in [0.1, 0.15) is 29.5 Å². The summed E-state index contributed by atoms with van der Waals surface area (Å²) in [5.74, 6) is 0.742. The van der Waals surface area contributed by atoms with E-state index in [1.807, 2.05) is 24.3 Å². The first-order chi connectivity index (χ1) is 12.0. The highest BCUT2D eigenvalue weighted by Gasteiger charge is 2.29. The van der Waals surface area contributed by atoms with Crippen molar-refractivity contribution in [2.24, 2.45) is 0 Å². The molecule has 0 fully saturated rings. The molecule has 0 spiro atoms. The molecule has 2 rings (SSSR count). The number of nitriles is 1. The topological polar surface area (TPSA) is 45.0 Å². The maximum absolute atomic E-state index is 12.5. The Morgan fingerprint density at radius 2 is 1.72 bits per heavy atom. The molecule has 6 heteroatoms. The van der Waals surface area contributed by atoms with Crippen LogP contribution in [0.2, 0.25) is 0 Å². The fraction of sp³-hybridized carbons (Fsp3) is 0.316. The van der Waals surface area contributed by atoms with Crippen LogP contribution in [0.5, 0.6) is 5.75 Å². The second kappa shape index (κ2) is 9.09. The zero-order valence-electron chi connectivity index (χ0n) is 13.6. The van der Waals surface area contributed by atoms with E-state index in [9.17, 15) is 13.2 Å². The molecule has 25 heavy (non-hydrogen) atoms. The van der Waals surface area contributed by atoms with Crippen LogP contribution in [0, 0.1) is 11.3 Å².